The minimum absolute atomic E-state index is 0.144. The molecule has 0 fully saturated rings. The fraction of sp³-hybridized carbons (Fsp3) is 0.296. The lowest BCUT2D eigenvalue weighted by Crippen LogP contribution is -2.26. The van der Waals surface area contributed by atoms with E-state index in [0.717, 1.165) is 34.4 Å². The molecule has 0 N–H and O–H groups in total. The van der Waals surface area contributed by atoms with Crippen molar-refractivity contribution < 1.29 is 9.53 Å². The number of hydrogen-bond acceptors (Lipinski definition) is 5. The Hall–Kier alpha value is -3.25. The number of hydrogen-bond donors (Lipinski definition) is 0. The molecule has 4 aromatic rings. The van der Waals surface area contributed by atoms with Gasteiger partial charge in [0.15, 0.2) is 0 Å². The van der Waals surface area contributed by atoms with E-state index >= 15 is 0 Å². The quantitative estimate of drug-likeness (QED) is 0.377. The molecule has 0 bridgehead atoms. The monoisotopic (exact) mass is 458 g/mol. The highest BCUT2D eigenvalue weighted by Gasteiger charge is 2.19. The lowest BCUT2D eigenvalue weighted by molar-refractivity contribution is -0.144. The summed E-state index contributed by atoms with van der Waals surface area (Å²) in [5.41, 5.74) is 5.69. The first-order valence-electron chi connectivity index (χ1n) is 11.4. The molecule has 2 aromatic heterocycles. The van der Waals surface area contributed by atoms with Crippen LogP contribution < -0.4 is 5.56 Å². The van der Waals surface area contributed by atoms with Crippen LogP contribution in [0.3, 0.4) is 0 Å². The normalized spacial score (nSPS) is 13.1. The Kier molecular flexibility index (Phi) is 6.09. The van der Waals surface area contributed by atoms with Crippen molar-refractivity contribution in [2.45, 2.75) is 45.6 Å². The Balaban J connectivity index is 1.39. The Morgan fingerprint density at radius 3 is 2.70 bits per heavy atom. The molecule has 1 aliphatic rings. The molecule has 5 rings (SSSR count). The van der Waals surface area contributed by atoms with Crippen LogP contribution in [0.5, 0.6) is 0 Å². The third-order valence-corrected chi connectivity index (χ3v) is 7.30. The number of benzene rings is 2. The molecule has 2 heterocycles. The van der Waals surface area contributed by atoms with Gasteiger partial charge in [-0.15, -0.1) is 11.3 Å². The van der Waals surface area contributed by atoms with Crippen molar-refractivity contribution in [3.8, 4) is 11.1 Å². The summed E-state index contributed by atoms with van der Waals surface area (Å²) in [4.78, 5) is 32.0. The van der Waals surface area contributed by atoms with Gasteiger partial charge in [-0.2, -0.15) is 0 Å². The van der Waals surface area contributed by atoms with Gasteiger partial charge < -0.3 is 4.74 Å². The maximum Gasteiger partial charge on any atom is 0.326 e. The first-order valence-corrected chi connectivity index (χ1v) is 12.2. The van der Waals surface area contributed by atoms with Crippen LogP contribution in [0.1, 0.15) is 34.4 Å². The maximum absolute atomic E-state index is 13.4. The molecule has 6 heteroatoms. The summed E-state index contributed by atoms with van der Waals surface area (Å²) in [5, 5.41) is 0.591. The van der Waals surface area contributed by atoms with E-state index in [4.69, 9.17) is 4.74 Å². The van der Waals surface area contributed by atoms with E-state index in [0.29, 0.717) is 16.6 Å². The molecule has 2 aromatic carbocycles. The number of nitrogens with zero attached hydrogens (tertiary/aromatic N) is 2. The van der Waals surface area contributed by atoms with E-state index < -0.39 is 5.97 Å². The molecule has 0 unspecified atom stereocenters. The van der Waals surface area contributed by atoms with Crippen LogP contribution in [-0.4, -0.2) is 22.1 Å². The third kappa shape index (κ3) is 4.48. The molecule has 5 nitrogen and oxygen atoms in total. The second kappa shape index (κ2) is 9.32. The predicted octanol–water partition coefficient (Wildman–Crippen LogP) is 5.10. The lowest BCUT2D eigenvalue weighted by atomic mass is 9.89. The van der Waals surface area contributed by atoms with E-state index in [1.165, 1.54) is 46.2 Å². The Labute approximate surface area is 196 Å². The van der Waals surface area contributed by atoms with Crippen LogP contribution in [0.15, 0.2) is 59.7 Å². The molecule has 0 amide bonds. The molecule has 33 heavy (non-hydrogen) atoms. The summed E-state index contributed by atoms with van der Waals surface area (Å²) in [6, 6.07) is 16.4. The zero-order valence-electron chi connectivity index (χ0n) is 18.7. The average Bonchev–Trinajstić information content (AvgIpc) is 3.18. The molecule has 168 valence electrons. The molecule has 0 spiro atoms. The summed E-state index contributed by atoms with van der Waals surface area (Å²) in [5.74, 6) is -0.434. The first-order chi connectivity index (χ1) is 16.1. The van der Waals surface area contributed by atoms with Gasteiger partial charge in [0.2, 0.25) is 0 Å². The summed E-state index contributed by atoms with van der Waals surface area (Å²) in [6.45, 7) is 2.17. The largest absolute Gasteiger partial charge is 0.464 e. The van der Waals surface area contributed by atoms with Crippen LogP contribution in [0, 0.1) is 6.92 Å². The highest BCUT2D eigenvalue weighted by atomic mass is 32.1. The second-order valence-electron chi connectivity index (χ2n) is 8.54. The molecular formula is C27H26N2O3S. The highest BCUT2D eigenvalue weighted by Crippen LogP contribution is 2.37. The van der Waals surface area contributed by atoms with Gasteiger partial charge in [-0.05, 0) is 54.9 Å². The molecule has 0 saturated heterocycles. The second-order valence-corrected chi connectivity index (χ2v) is 9.74. The SMILES string of the molecule is Cc1sc2ncn(CC(=O)OCCc3ccccc3)c(=O)c2c1-c1ccc2c(c1)CCCC2. The first kappa shape index (κ1) is 21.6. The fourth-order valence-corrected chi connectivity index (χ4v) is 5.60. The van der Waals surface area contributed by atoms with Gasteiger partial charge in [0, 0.05) is 16.9 Å². The van der Waals surface area contributed by atoms with Crippen molar-refractivity contribution in [3.05, 3.63) is 86.8 Å². The molecule has 0 aliphatic heterocycles. The van der Waals surface area contributed by atoms with Crippen LogP contribution >= 0.6 is 11.3 Å². The Bertz CT molecular complexity index is 1370. The summed E-state index contributed by atoms with van der Waals surface area (Å²) in [6.07, 6.45) is 6.76. The van der Waals surface area contributed by atoms with Crippen LogP contribution in [0.4, 0.5) is 0 Å². The van der Waals surface area contributed by atoms with E-state index in [-0.39, 0.29) is 18.7 Å². The van der Waals surface area contributed by atoms with Crippen molar-refractivity contribution in [1.82, 2.24) is 9.55 Å². The Morgan fingerprint density at radius 1 is 1.09 bits per heavy atom. The van der Waals surface area contributed by atoms with Gasteiger partial charge in [0.25, 0.3) is 5.56 Å². The minimum Gasteiger partial charge on any atom is -0.464 e. The van der Waals surface area contributed by atoms with E-state index in [1.54, 1.807) is 0 Å². The average molecular weight is 459 g/mol. The summed E-state index contributed by atoms with van der Waals surface area (Å²) in [7, 11) is 0. The highest BCUT2D eigenvalue weighted by molar-refractivity contribution is 7.19. The van der Waals surface area contributed by atoms with Gasteiger partial charge in [-0.1, -0.05) is 48.5 Å². The van der Waals surface area contributed by atoms with Crippen molar-refractivity contribution in [2.75, 3.05) is 6.61 Å². The van der Waals surface area contributed by atoms with Gasteiger partial charge >= 0.3 is 5.97 Å². The smallest absolute Gasteiger partial charge is 0.326 e. The molecule has 1 aliphatic carbocycles. The third-order valence-electron chi connectivity index (χ3n) is 6.29. The number of carbonyl (C=O) groups excluding carboxylic acids is 1. The Morgan fingerprint density at radius 2 is 1.88 bits per heavy atom. The number of fused-ring (bicyclic) bond motifs is 2. The number of ether oxygens (including phenoxy) is 1. The minimum atomic E-state index is -0.434. The van der Waals surface area contributed by atoms with Crippen molar-refractivity contribution in [3.63, 3.8) is 0 Å². The predicted molar refractivity (Wildman–Crippen MR) is 132 cm³/mol. The number of aryl methyl sites for hydroxylation is 3. The molecule has 0 radical (unpaired) electrons. The van der Waals surface area contributed by atoms with Gasteiger partial charge in [-0.25, -0.2) is 4.98 Å². The lowest BCUT2D eigenvalue weighted by Gasteiger charge is -2.16. The van der Waals surface area contributed by atoms with E-state index in [1.807, 2.05) is 37.3 Å². The molecule has 0 atom stereocenters. The van der Waals surface area contributed by atoms with E-state index in [9.17, 15) is 9.59 Å². The van der Waals surface area contributed by atoms with Crippen LogP contribution in [0.25, 0.3) is 21.3 Å². The zero-order valence-corrected chi connectivity index (χ0v) is 19.5. The van der Waals surface area contributed by atoms with Gasteiger partial charge in [-0.3, -0.25) is 14.2 Å². The van der Waals surface area contributed by atoms with E-state index in [2.05, 4.69) is 23.2 Å². The number of rotatable bonds is 6. The van der Waals surface area contributed by atoms with Crippen molar-refractivity contribution in [2.24, 2.45) is 0 Å². The van der Waals surface area contributed by atoms with Gasteiger partial charge in [0.1, 0.15) is 11.4 Å². The standard InChI is InChI=1S/C27H26N2O3S/c1-18-24(22-12-11-20-9-5-6-10-21(20)15-22)25-26(33-18)28-17-29(27(25)31)16-23(30)32-14-13-19-7-3-2-4-8-19/h2-4,7-8,11-12,15,17H,5-6,9-10,13-14,16H2,1H3. The molecule has 0 saturated carbocycles. The number of aromatic nitrogens is 2. The maximum atomic E-state index is 13.4. The topological polar surface area (TPSA) is 61.2 Å². The van der Waals surface area contributed by atoms with Crippen LogP contribution in [-0.2, 0) is 35.3 Å². The fourth-order valence-electron chi connectivity index (χ4n) is 4.60. The zero-order chi connectivity index (χ0) is 22.8. The number of carbonyl (C=O) groups is 1. The van der Waals surface area contributed by atoms with Crippen LogP contribution in [0.2, 0.25) is 0 Å². The number of thiophene rings is 1. The van der Waals surface area contributed by atoms with Crippen molar-refractivity contribution in [1.29, 1.82) is 0 Å². The molecular weight excluding hydrogens is 432 g/mol. The number of esters is 1. The summed E-state index contributed by atoms with van der Waals surface area (Å²) < 4.78 is 6.74. The van der Waals surface area contributed by atoms with Crippen molar-refractivity contribution >= 4 is 27.5 Å². The van der Waals surface area contributed by atoms with Gasteiger partial charge in [0.05, 0.1) is 18.3 Å². The summed E-state index contributed by atoms with van der Waals surface area (Å²) >= 11 is 1.52.